The molecule has 0 spiro atoms. The van der Waals surface area contributed by atoms with Crippen LogP contribution in [-0.2, 0) is 0 Å². The lowest BCUT2D eigenvalue weighted by molar-refractivity contribution is -0.386. The maximum Gasteiger partial charge on any atom is 0.277 e. The molecule has 138 valence electrons. The van der Waals surface area contributed by atoms with Crippen LogP contribution >= 0.6 is 24.8 Å². The Morgan fingerprint density at radius 2 is 1.96 bits per heavy atom. The lowest BCUT2D eigenvalue weighted by Crippen LogP contribution is -2.45. The first-order chi connectivity index (χ1) is 10.6. The number of unbranched alkanes of at least 4 members (excludes halogenated alkanes) is 2. The molecule has 8 heteroatoms. The molecular weight excluding hydrogens is 356 g/mol. The minimum absolute atomic E-state index is 0. The summed E-state index contributed by atoms with van der Waals surface area (Å²) in [4.78, 5) is 13.1. The zero-order valence-corrected chi connectivity index (χ0v) is 15.5. The molecule has 0 aromatic heterocycles. The highest BCUT2D eigenvalue weighted by atomic mass is 35.5. The van der Waals surface area contributed by atoms with Crippen molar-refractivity contribution in [2.24, 2.45) is 0 Å². The third-order valence-electron chi connectivity index (χ3n) is 4.22. The lowest BCUT2D eigenvalue weighted by Gasteiger charge is -2.35. The molecule has 24 heavy (non-hydrogen) atoms. The number of nitro groups is 1. The van der Waals surface area contributed by atoms with Gasteiger partial charge in [0.15, 0.2) is 0 Å². The van der Waals surface area contributed by atoms with Crippen molar-refractivity contribution in [1.29, 1.82) is 0 Å². The van der Waals surface area contributed by atoms with Crippen LogP contribution in [0, 0.1) is 15.9 Å². The summed E-state index contributed by atoms with van der Waals surface area (Å²) in [6.45, 7) is 5.65. The van der Waals surface area contributed by atoms with Gasteiger partial charge in [0.05, 0.1) is 11.0 Å². The van der Waals surface area contributed by atoms with Crippen LogP contribution in [-0.4, -0.2) is 36.0 Å². The smallest absolute Gasteiger partial charge is 0.277 e. The van der Waals surface area contributed by atoms with Crippen molar-refractivity contribution >= 4 is 30.5 Å². The lowest BCUT2D eigenvalue weighted by atomic mass is 9.96. The van der Waals surface area contributed by atoms with Gasteiger partial charge in [-0.25, -0.2) is 4.39 Å². The quantitative estimate of drug-likeness (QED) is 0.438. The molecular formula is C16H26Cl2FN3O2. The zero-order valence-electron chi connectivity index (χ0n) is 13.9. The first-order valence-corrected chi connectivity index (χ1v) is 8.02. The van der Waals surface area contributed by atoms with Gasteiger partial charge in [-0.15, -0.1) is 24.8 Å². The number of hydrogen-bond donors (Lipinski definition) is 1. The maximum absolute atomic E-state index is 13.4. The Hall–Kier alpha value is -0.950. The van der Waals surface area contributed by atoms with E-state index >= 15 is 0 Å². The molecule has 0 radical (unpaired) electrons. The fourth-order valence-electron chi connectivity index (χ4n) is 3.07. The van der Waals surface area contributed by atoms with Crippen molar-refractivity contribution < 1.29 is 9.31 Å². The second kappa shape index (κ2) is 11.6. The van der Waals surface area contributed by atoms with Crippen molar-refractivity contribution in [1.82, 2.24) is 10.2 Å². The minimum atomic E-state index is -0.553. The number of benzene rings is 1. The van der Waals surface area contributed by atoms with Crippen LogP contribution < -0.4 is 5.32 Å². The van der Waals surface area contributed by atoms with Crippen molar-refractivity contribution in [2.45, 2.75) is 38.6 Å². The Labute approximate surface area is 155 Å². The number of rotatable bonds is 7. The third kappa shape index (κ3) is 6.16. The summed E-state index contributed by atoms with van der Waals surface area (Å²) in [5, 5.41) is 14.6. The molecule has 1 aliphatic rings. The van der Waals surface area contributed by atoms with E-state index in [4.69, 9.17) is 0 Å². The van der Waals surface area contributed by atoms with E-state index in [-0.39, 0.29) is 36.5 Å². The zero-order chi connectivity index (χ0) is 15.9. The van der Waals surface area contributed by atoms with Gasteiger partial charge >= 0.3 is 0 Å². The Bertz CT molecular complexity index is 514. The number of hydrogen-bond acceptors (Lipinski definition) is 4. The van der Waals surface area contributed by atoms with Crippen LogP contribution in [0.4, 0.5) is 10.1 Å². The molecule has 0 unspecified atom stereocenters. The fraction of sp³-hybridized carbons (Fsp3) is 0.625. The Morgan fingerprint density at radius 1 is 1.29 bits per heavy atom. The molecule has 0 amide bonds. The van der Waals surface area contributed by atoms with Crippen molar-refractivity contribution in [3.63, 3.8) is 0 Å². The van der Waals surface area contributed by atoms with E-state index in [1.165, 1.54) is 6.07 Å². The van der Waals surface area contributed by atoms with Gasteiger partial charge in [-0.2, -0.15) is 0 Å². The van der Waals surface area contributed by atoms with Gasteiger partial charge in [0.2, 0.25) is 0 Å². The van der Waals surface area contributed by atoms with Crippen molar-refractivity contribution in [3.8, 4) is 0 Å². The first kappa shape index (κ1) is 23.1. The monoisotopic (exact) mass is 381 g/mol. The predicted molar refractivity (Wildman–Crippen MR) is 98.9 cm³/mol. The average Bonchev–Trinajstić information content (AvgIpc) is 2.53. The summed E-state index contributed by atoms with van der Waals surface area (Å²) in [6.07, 6.45) is 4.12. The van der Waals surface area contributed by atoms with Crippen LogP contribution in [0.15, 0.2) is 18.2 Å². The second-order valence-corrected chi connectivity index (χ2v) is 5.76. The molecule has 5 nitrogen and oxygen atoms in total. The van der Waals surface area contributed by atoms with E-state index < -0.39 is 10.7 Å². The summed E-state index contributed by atoms with van der Waals surface area (Å²) in [6, 6.07) is 3.96. The average molecular weight is 382 g/mol. The summed E-state index contributed by atoms with van der Waals surface area (Å²) >= 11 is 0. The standard InChI is InChI=1S/C16H24FN3O2.2ClH/c1-2-3-4-5-15(19-10-8-18-9-11-19)14-7-6-13(17)12-16(14)20(21)22;;/h6-7,12,15,18H,2-5,8-11H2,1H3;2*1H/t15-;;/m1../s1. The van der Waals surface area contributed by atoms with Crippen molar-refractivity contribution in [3.05, 3.63) is 39.7 Å². The van der Waals surface area contributed by atoms with Gasteiger partial charge < -0.3 is 5.32 Å². The maximum atomic E-state index is 13.4. The fourth-order valence-corrected chi connectivity index (χ4v) is 3.07. The van der Waals surface area contributed by atoms with E-state index in [2.05, 4.69) is 17.1 Å². The molecule has 2 rings (SSSR count). The van der Waals surface area contributed by atoms with Gasteiger partial charge in [0.1, 0.15) is 5.82 Å². The van der Waals surface area contributed by atoms with Gasteiger partial charge in [0.25, 0.3) is 5.69 Å². The van der Waals surface area contributed by atoms with Gasteiger partial charge in [-0.05, 0) is 18.6 Å². The van der Waals surface area contributed by atoms with E-state index in [1.54, 1.807) is 6.07 Å². The first-order valence-electron chi connectivity index (χ1n) is 8.02. The molecule has 1 atom stereocenters. The second-order valence-electron chi connectivity index (χ2n) is 5.76. The minimum Gasteiger partial charge on any atom is -0.314 e. The van der Waals surface area contributed by atoms with Gasteiger partial charge in [-0.3, -0.25) is 15.0 Å². The highest BCUT2D eigenvalue weighted by molar-refractivity contribution is 5.85. The number of nitro benzene ring substituents is 1. The molecule has 0 saturated carbocycles. The molecule has 1 aromatic carbocycles. The van der Waals surface area contributed by atoms with Crippen LogP contribution in [0.25, 0.3) is 0 Å². The number of piperazine rings is 1. The van der Waals surface area contributed by atoms with Crippen LogP contribution in [0.1, 0.15) is 44.2 Å². The molecule has 1 saturated heterocycles. The third-order valence-corrected chi connectivity index (χ3v) is 4.22. The van der Waals surface area contributed by atoms with E-state index in [0.29, 0.717) is 5.56 Å². The highest BCUT2D eigenvalue weighted by Crippen LogP contribution is 2.33. The van der Waals surface area contributed by atoms with Crippen LogP contribution in [0.3, 0.4) is 0 Å². The van der Waals surface area contributed by atoms with Gasteiger partial charge in [-0.1, -0.05) is 26.2 Å². The molecule has 0 bridgehead atoms. The summed E-state index contributed by atoms with van der Waals surface area (Å²) < 4.78 is 13.4. The molecule has 0 aliphatic carbocycles. The largest absolute Gasteiger partial charge is 0.314 e. The van der Waals surface area contributed by atoms with E-state index in [9.17, 15) is 14.5 Å². The molecule has 1 N–H and O–H groups in total. The molecule has 1 aromatic rings. The predicted octanol–water partition coefficient (Wildman–Crippen LogP) is 4.10. The normalized spacial score (nSPS) is 15.9. The van der Waals surface area contributed by atoms with Crippen molar-refractivity contribution in [2.75, 3.05) is 26.2 Å². The number of halogens is 3. The topological polar surface area (TPSA) is 58.4 Å². The summed E-state index contributed by atoms with van der Waals surface area (Å²) in [5.41, 5.74) is 0.546. The molecule has 1 heterocycles. The Kier molecular flexibility index (Phi) is 11.1. The van der Waals surface area contributed by atoms with Crippen LogP contribution in [0.2, 0.25) is 0 Å². The van der Waals surface area contributed by atoms with E-state index in [0.717, 1.165) is 57.9 Å². The highest BCUT2D eigenvalue weighted by Gasteiger charge is 2.28. The summed E-state index contributed by atoms with van der Waals surface area (Å²) in [7, 11) is 0. The van der Waals surface area contributed by atoms with Gasteiger partial charge in [0, 0.05) is 37.8 Å². The summed E-state index contributed by atoms with van der Waals surface area (Å²) in [5.74, 6) is -0.553. The molecule has 1 fully saturated rings. The number of nitrogens with zero attached hydrogens (tertiary/aromatic N) is 2. The number of nitrogens with one attached hydrogen (secondary N) is 1. The van der Waals surface area contributed by atoms with Crippen LogP contribution in [0.5, 0.6) is 0 Å². The SMILES string of the molecule is CCCCC[C@H](c1ccc(F)cc1[N+](=O)[O-])N1CCNCC1.Cl.Cl. The van der Waals surface area contributed by atoms with E-state index in [1.807, 2.05) is 0 Å². The Morgan fingerprint density at radius 3 is 2.54 bits per heavy atom. The Balaban J connectivity index is 0.00000264. The molecule has 1 aliphatic heterocycles.